The van der Waals surface area contributed by atoms with E-state index >= 15 is 0 Å². The molecule has 0 aromatic heterocycles. The van der Waals surface area contributed by atoms with Crippen molar-refractivity contribution in [2.24, 2.45) is 5.92 Å². The summed E-state index contributed by atoms with van der Waals surface area (Å²) >= 11 is 0. The molecule has 1 aromatic rings. The number of ether oxygens (including phenoxy) is 1. The van der Waals surface area contributed by atoms with Gasteiger partial charge in [0.05, 0.1) is 18.1 Å². The van der Waals surface area contributed by atoms with Gasteiger partial charge in [0.1, 0.15) is 10.6 Å². The highest BCUT2D eigenvalue weighted by molar-refractivity contribution is 7.89. The van der Waals surface area contributed by atoms with Gasteiger partial charge in [0.2, 0.25) is 10.0 Å². The summed E-state index contributed by atoms with van der Waals surface area (Å²) in [4.78, 5) is 10.4. The second-order valence-electron chi connectivity index (χ2n) is 6.46. The molecule has 1 saturated heterocycles. The van der Waals surface area contributed by atoms with E-state index in [0.29, 0.717) is 12.5 Å². The number of methoxy groups -OCH3 is 1. The van der Waals surface area contributed by atoms with Crippen LogP contribution in [0.3, 0.4) is 0 Å². The molecule has 2 aliphatic rings. The Labute approximate surface area is 141 Å². The molecule has 2 atom stereocenters. The lowest BCUT2D eigenvalue weighted by molar-refractivity contribution is -0.385. The zero-order chi connectivity index (χ0) is 17.3. The molecule has 1 aliphatic heterocycles. The van der Waals surface area contributed by atoms with Crippen LogP contribution in [0.15, 0.2) is 23.1 Å². The largest absolute Gasteiger partial charge is 0.495 e. The molecule has 0 N–H and O–H groups in total. The van der Waals surface area contributed by atoms with Gasteiger partial charge < -0.3 is 4.74 Å². The summed E-state index contributed by atoms with van der Waals surface area (Å²) < 4.78 is 33.1. The highest BCUT2D eigenvalue weighted by Crippen LogP contribution is 2.40. The maximum Gasteiger partial charge on any atom is 0.273 e. The first-order valence-electron chi connectivity index (χ1n) is 8.29. The monoisotopic (exact) mass is 354 g/mol. The van der Waals surface area contributed by atoms with Crippen molar-refractivity contribution in [3.63, 3.8) is 0 Å². The fourth-order valence-electron chi connectivity index (χ4n) is 3.99. The van der Waals surface area contributed by atoms with Crippen molar-refractivity contribution in [3.8, 4) is 5.75 Å². The van der Waals surface area contributed by atoms with Crippen LogP contribution >= 0.6 is 0 Å². The highest BCUT2D eigenvalue weighted by atomic mass is 32.2. The lowest BCUT2D eigenvalue weighted by atomic mass is 9.79. The van der Waals surface area contributed by atoms with Gasteiger partial charge in [-0.3, -0.25) is 10.1 Å². The van der Waals surface area contributed by atoms with Gasteiger partial charge in [-0.25, -0.2) is 8.42 Å². The van der Waals surface area contributed by atoms with E-state index in [-0.39, 0.29) is 22.4 Å². The number of benzene rings is 1. The number of hydrogen-bond acceptors (Lipinski definition) is 5. The number of nitrogens with zero attached hydrogens (tertiary/aromatic N) is 2. The molecule has 1 heterocycles. The molecule has 0 amide bonds. The van der Waals surface area contributed by atoms with Crippen LogP contribution in [-0.4, -0.2) is 37.3 Å². The Bertz CT molecular complexity index is 732. The lowest BCUT2D eigenvalue weighted by Gasteiger charge is -2.43. The zero-order valence-electron chi connectivity index (χ0n) is 13.7. The molecule has 3 rings (SSSR count). The van der Waals surface area contributed by atoms with E-state index in [1.54, 1.807) is 4.31 Å². The van der Waals surface area contributed by atoms with Crippen molar-refractivity contribution in [2.45, 2.75) is 49.5 Å². The minimum Gasteiger partial charge on any atom is -0.495 e. The van der Waals surface area contributed by atoms with Crippen LogP contribution < -0.4 is 4.74 Å². The Morgan fingerprint density at radius 3 is 2.62 bits per heavy atom. The van der Waals surface area contributed by atoms with Gasteiger partial charge in [0.15, 0.2) is 0 Å². The van der Waals surface area contributed by atoms with Crippen molar-refractivity contribution in [3.05, 3.63) is 28.3 Å². The van der Waals surface area contributed by atoms with Crippen LogP contribution in [0.4, 0.5) is 5.69 Å². The average molecular weight is 354 g/mol. The molecule has 7 nitrogen and oxygen atoms in total. The maximum absolute atomic E-state index is 13.2. The number of non-ortho nitro benzene ring substituents is 1. The molecule has 0 bridgehead atoms. The number of nitro benzene ring substituents is 1. The van der Waals surface area contributed by atoms with Gasteiger partial charge in [0, 0.05) is 18.7 Å². The van der Waals surface area contributed by atoms with Crippen LogP contribution in [0.2, 0.25) is 0 Å². The Hall–Kier alpha value is -1.67. The van der Waals surface area contributed by atoms with Crippen molar-refractivity contribution >= 4 is 15.7 Å². The summed E-state index contributed by atoms with van der Waals surface area (Å²) in [5.41, 5.74) is -0.181. The molecule has 2 fully saturated rings. The first kappa shape index (κ1) is 17.2. The minimum absolute atomic E-state index is 0.0156. The number of hydrogen-bond donors (Lipinski definition) is 0. The summed E-state index contributed by atoms with van der Waals surface area (Å²) in [5, 5.41) is 10.9. The van der Waals surface area contributed by atoms with Gasteiger partial charge >= 0.3 is 0 Å². The second kappa shape index (κ2) is 6.68. The van der Waals surface area contributed by atoms with E-state index in [9.17, 15) is 18.5 Å². The Morgan fingerprint density at radius 2 is 1.92 bits per heavy atom. The Morgan fingerprint density at radius 1 is 1.21 bits per heavy atom. The van der Waals surface area contributed by atoms with Gasteiger partial charge in [-0.1, -0.05) is 12.8 Å². The Kier molecular flexibility index (Phi) is 4.78. The molecule has 1 aliphatic carbocycles. The highest BCUT2D eigenvalue weighted by Gasteiger charge is 2.41. The minimum atomic E-state index is -3.73. The maximum atomic E-state index is 13.2. The molecule has 0 radical (unpaired) electrons. The van der Waals surface area contributed by atoms with Crippen molar-refractivity contribution < 1.29 is 18.1 Å². The zero-order valence-corrected chi connectivity index (χ0v) is 14.5. The number of nitro groups is 1. The number of rotatable bonds is 4. The van der Waals surface area contributed by atoms with Gasteiger partial charge in [-0.2, -0.15) is 4.31 Å². The summed E-state index contributed by atoms with van der Waals surface area (Å²) in [5.74, 6) is 0.452. The quantitative estimate of drug-likeness (QED) is 0.612. The van der Waals surface area contributed by atoms with Gasteiger partial charge in [0.25, 0.3) is 5.69 Å². The predicted octanol–water partition coefficient (Wildman–Crippen LogP) is 2.95. The van der Waals surface area contributed by atoms with Crippen LogP contribution in [0, 0.1) is 16.0 Å². The third-order valence-corrected chi connectivity index (χ3v) is 7.10. The first-order valence-corrected chi connectivity index (χ1v) is 9.73. The summed E-state index contributed by atoms with van der Waals surface area (Å²) in [6.07, 6.45) is 6.11. The molecular formula is C16H22N2O5S. The predicted molar refractivity (Wildman–Crippen MR) is 88.5 cm³/mol. The second-order valence-corrected chi connectivity index (χ2v) is 8.32. The van der Waals surface area contributed by atoms with Crippen LogP contribution in [0.5, 0.6) is 5.75 Å². The summed E-state index contributed by atoms with van der Waals surface area (Å²) in [6, 6.07) is 3.73. The number of fused-ring (bicyclic) bond motifs is 1. The average Bonchev–Trinajstić information content (AvgIpc) is 2.60. The molecule has 132 valence electrons. The smallest absolute Gasteiger partial charge is 0.273 e. The van der Waals surface area contributed by atoms with E-state index in [1.807, 2.05) is 0 Å². The fraction of sp³-hybridized carbons (Fsp3) is 0.625. The van der Waals surface area contributed by atoms with E-state index < -0.39 is 14.9 Å². The normalized spacial score (nSPS) is 25.0. The van der Waals surface area contributed by atoms with Gasteiger partial charge in [-0.15, -0.1) is 0 Å². The van der Waals surface area contributed by atoms with Crippen molar-refractivity contribution in [2.75, 3.05) is 13.7 Å². The van der Waals surface area contributed by atoms with Gasteiger partial charge in [-0.05, 0) is 37.7 Å². The molecule has 2 unspecified atom stereocenters. The van der Waals surface area contributed by atoms with E-state index in [1.165, 1.54) is 25.3 Å². The van der Waals surface area contributed by atoms with Crippen LogP contribution in [0.1, 0.15) is 38.5 Å². The van der Waals surface area contributed by atoms with E-state index in [2.05, 4.69) is 0 Å². The molecular weight excluding hydrogens is 332 g/mol. The Balaban J connectivity index is 1.99. The standard InChI is InChI=1S/C16H22N2O5S/c1-23-15-11-13(18(19)20)8-9-16(15)24(21,22)17-10-4-6-12-5-2-3-7-14(12)17/h8-9,11-12,14H,2-7,10H2,1H3. The molecule has 8 heteroatoms. The third kappa shape index (κ3) is 3.00. The lowest BCUT2D eigenvalue weighted by Crippen LogP contribution is -2.49. The number of piperidine rings is 1. The van der Waals surface area contributed by atoms with Crippen molar-refractivity contribution in [1.29, 1.82) is 0 Å². The number of sulfonamides is 1. The topological polar surface area (TPSA) is 89.7 Å². The first-order chi connectivity index (χ1) is 11.4. The molecule has 1 aromatic carbocycles. The fourth-order valence-corrected chi connectivity index (χ4v) is 5.88. The molecule has 1 saturated carbocycles. The van der Waals surface area contributed by atoms with Crippen molar-refractivity contribution in [1.82, 2.24) is 4.31 Å². The SMILES string of the molecule is COc1cc([N+](=O)[O-])ccc1S(=O)(=O)N1CCCC2CCCCC21. The van der Waals surface area contributed by atoms with E-state index in [4.69, 9.17) is 4.74 Å². The van der Waals surface area contributed by atoms with E-state index in [0.717, 1.165) is 38.5 Å². The third-order valence-electron chi connectivity index (χ3n) is 5.14. The van der Waals surface area contributed by atoms with Crippen LogP contribution in [0.25, 0.3) is 0 Å². The molecule has 24 heavy (non-hydrogen) atoms. The summed E-state index contributed by atoms with van der Waals surface area (Å²) in [7, 11) is -2.40. The molecule has 0 spiro atoms. The summed E-state index contributed by atoms with van der Waals surface area (Å²) in [6.45, 7) is 0.504. The van der Waals surface area contributed by atoms with Crippen LogP contribution in [-0.2, 0) is 10.0 Å².